The van der Waals surface area contributed by atoms with E-state index in [0.29, 0.717) is 6.42 Å². The fraction of sp³-hybridized carbons (Fsp3) is 0.500. The Hall–Kier alpha value is -1.71. The van der Waals surface area contributed by atoms with E-state index in [1.54, 1.807) is 14.0 Å². The van der Waals surface area contributed by atoms with Crippen LogP contribution in [0.3, 0.4) is 0 Å². The van der Waals surface area contributed by atoms with Crippen LogP contribution in [0.25, 0.3) is 0 Å². The van der Waals surface area contributed by atoms with Crippen LogP contribution in [0.5, 0.6) is 5.75 Å². The number of likely N-dealkylation sites (N-methyl/N-ethyl adjacent to an activating group) is 1. The molecule has 2 unspecified atom stereocenters. The molecular formula is C14H19NO3. The highest BCUT2D eigenvalue weighted by Crippen LogP contribution is 2.40. The highest BCUT2D eigenvalue weighted by atomic mass is 16.5. The highest BCUT2D eigenvalue weighted by molar-refractivity contribution is 5.70. The molecule has 0 radical (unpaired) electrons. The standard InChI is InChI=1S/C14H19NO3/c1-9(14(16)17)6-10-8-15(2)13-5-4-11(18-3)7-12(10)13/h4-5,7,9-10H,6,8H2,1-3H3,(H,16,17). The number of aliphatic carboxylic acids is 1. The van der Waals surface area contributed by atoms with Crippen molar-refractivity contribution < 1.29 is 14.6 Å². The van der Waals surface area contributed by atoms with Gasteiger partial charge in [0.25, 0.3) is 0 Å². The molecule has 2 atom stereocenters. The SMILES string of the molecule is COc1ccc2c(c1)C(CC(C)C(=O)O)CN2C. The van der Waals surface area contributed by atoms with Gasteiger partial charge >= 0.3 is 5.97 Å². The molecule has 1 heterocycles. The maximum absolute atomic E-state index is 11.0. The van der Waals surface area contributed by atoms with E-state index in [1.165, 1.54) is 11.3 Å². The number of hydrogen-bond acceptors (Lipinski definition) is 3. The summed E-state index contributed by atoms with van der Waals surface area (Å²) in [6, 6.07) is 6.01. The molecule has 0 amide bonds. The average molecular weight is 249 g/mol. The zero-order chi connectivity index (χ0) is 13.3. The molecule has 0 aliphatic carbocycles. The maximum atomic E-state index is 11.0. The number of nitrogens with zero attached hydrogens (tertiary/aromatic N) is 1. The molecule has 18 heavy (non-hydrogen) atoms. The Labute approximate surface area is 107 Å². The van der Waals surface area contributed by atoms with Crippen LogP contribution in [-0.4, -0.2) is 31.8 Å². The number of carboxylic acid groups (broad SMARTS) is 1. The molecule has 1 N–H and O–H groups in total. The summed E-state index contributed by atoms with van der Waals surface area (Å²) < 4.78 is 5.24. The topological polar surface area (TPSA) is 49.8 Å². The number of carboxylic acids is 1. The van der Waals surface area contributed by atoms with E-state index < -0.39 is 5.97 Å². The van der Waals surface area contributed by atoms with E-state index in [-0.39, 0.29) is 11.8 Å². The summed E-state index contributed by atoms with van der Waals surface area (Å²) in [5.41, 5.74) is 2.38. The molecule has 0 fully saturated rings. The Morgan fingerprint density at radius 3 is 2.94 bits per heavy atom. The molecule has 2 rings (SSSR count). The Bertz CT molecular complexity index is 458. The van der Waals surface area contributed by atoms with E-state index in [1.807, 2.05) is 25.2 Å². The first kappa shape index (κ1) is 12.7. The summed E-state index contributed by atoms with van der Waals surface area (Å²) in [6.45, 7) is 2.64. The number of benzene rings is 1. The van der Waals surface area contributed by atoms with Gasteiger partial charge in [0.1, 0.15) is 5.75 Å². The summed E-state index contributed by atoms with van der Waals surface area (Å²) in [4.78, 5) is 13.1. The van der Waals surface area contributed by atoms with Gasteiger partial charge in [0.05, 0.1) is 13.0 Å². The predicted octanol–water partition coefficient (Wildman–Crippen LogP) is 2.34. The van der Waals surface area contributed by atoms with Gasteiger partial charge in [-0.2, -0.15) is 0 Å². The van der Waals surface area contributed by atoms with Gasteiger partial charge in [0.2, 0.25) is 0 Å². The lowest BCUT2D eigenvalue weighted by atomic mass is 9.91. The van der Waals surface area contributed by atoms with Crippen LogP contribution in [0, 0.1) is 5.92 Å². The van der Waals surface area contributed by atoms with Crippen molar-refractivity contribution >= 4 is 11.7 Å². The largest absolute Gasteiger partial charge is 0.497 e. The number of rotatable bonds is 4. The van der Waals surface area contributed by atoms with Crippen molar-refractivity contribution in [3.05, 3.63) is 23.8 Å². The number of fused-ring (bicyclic) bond motifs is 1. The molecule has 4 heteroatoms. The van der Waals surface area contributed by atoms with E-state index in [2.05, 4.69) is 4.90 Å². The first-order valence-electron chi connectivity index (χ1n) is 6.14. The summed E-state index contributed by atoms with van der Waals surface area (Å²) in [6.07, 6.45) is 0.667. The fourth-order valence-electron chi connectivity index (χ4n) is 2.59. The number of hydrogen-bond donors (Lipinski definition) is 1. The lowest BCUT2D eigenvalue weighted by Gasteiger charge is -2.14. The lowest BCUT2D eigenvalue weighted by Crippen LogP contribution is -2.19. The smallest absolute Gasteiger partial charge is 0.306 e. The number of carbonyl (C=O) groups is 1. The predicted molar refractivity (Wildman–Crippen MR) is 70.4 cm³/mol. The van der Waals surface area contributed by atoms with Crippen molar-refractivity contribution in [2.24, 2.45) is 5.92 Å². The van der Waals surface area contributed by atoms with Gasteiger partial charge in [-0.3, -0.25) is 4.79 Å². The van der Waals surface area contributed by atoms with Crippen molar-refractivity contribution in [1.29, 1.82) is 0 Å². The average Bonchev–Trinajstić information content (AvgIpc) is 2.65. The number of methoxy groups -OCH3 is 1. The normalized spacial score (nSPS) is 19.5. The molecule has 4 nitrogen and oxygen atoms in total. The van der Waals surface area contributed by atoms with Crippen molar-refractivity contribution in [2.75, 3.05) is 25.6 Å². The van der Waals surface area contributed by atoms with Gasteiger partial charge < -0.3 is 14.7 Å². The fourth-order valence-corrected chi connectivity index (χ4v) is 2.59. The van der Waals surface area contributed by atoms with Gasteiger partial charge in [-0.25, -0.2) is 0 Å². The summed E-state index contributed by atoms with van der Waals surface area (Å²) in [7, 11) is 3.69. The maximum Gasteiger partial charge on any atom is 0.306 e. The van der Waals surface area contributed by atoms with E-state index in [0.717, 1.165) is 12.3 Å². The summed E-state index contributed by atoms with van der Waals surface area (Å²) >= 11 is 0. The van der Waals surface area contributed by atoms with E-state index in [9.17, 15) is 4.79 Å². The summed E-state index contributed by atoms with van der Waals surface area (Å²) in [5, 5.41) is 9.02. The third-order valence-electron chi connectivity index (χ3n) is 3.64. The molecule has 98 valence electrons. The van der Waals surface area contributed by atoms with Crippen LogP contribution in [0.1, 0.15) is 24.8 Å². The molecule has 1 aromatic rings. The van der Waals surface area contributed by atoms with Crippen LogP contribution in [0.15, 0.2) is 18.2 Å². The second-order valence-electron chi connectivity index (χ2n) is 4.98. The van der Waals surface area contributed by atoms with Crippen molar-refractivity contribution in [2.45, 2.75) is 19.3 Å². The van der Waals surface area contributed by atoms with Crippen LogP contribution in [0.4, 0.5) is 5.69 Å². The third kappa shape index (κ3) is 2.28. The van der Waals surface area contributed by atoms with Crippen LogP contribution in [-0.2, 0) is 4.79 Å². The Kier molecular flexibility index (Phi) is 3.45. The van der Waals surface area contributed by atoms with Crippen molar-refractivity contribution in [3.8, 4) is 5.75 Å². The van der Waals surface area contributed by atoms with Crippen molar-refractivity contribution in [1.82, 2.24) is 0 Å². The van der Waals surface area contributed by atoms with Gasteiger partial charge in [-0.1, -0.05) is 6.92 Å². The Morgan fingerprint density at radius 2 is 2.33 bits per heavy atom. The molecule has 0 bridgehead atoms. The zero-order valence-corrected chi connectivity index (χ0v) is 11.0. The molecule has 0 aromatic heterocycles. The quantitative estimate of drug-likeness (QED) is 0.889. The van der Waals surface area contributed by atoms with E-state index in [4.69, 9.17) is 9.84 Å². The van der Waals surface area contributed by atoms with Crippen LogP contribution < -0.4 is 9.64 Å². The second kappa shape index (κ2) is 4.88. The van der Waals surface area contributed by atoms with Gasteiger partial charge in [0, 0.05) is 25.2 Å². The van der Waals surface area contributed by atoms with Crippen LogP contribution >= 0.6 is 0 Å². The minimum Gasteiger partial charge on any atom is -0.497 e. The molecule has 0 saturated carbocycles. The van der Waals surface area contributed by atoms with E-state index >= 15 is 0 Å². The first-order chi connectivity index (χ1) is 8.52. The second-order valence-corrected chi connectivity index (χ2v) is 4.98. The molecule has 1 aromatic carbocycles. The van der Waals surface area contributed by atoms with Crippen LogP contribution in [0.2, 0.25) is 0 Å². The molecule has 0 spiro atoms. The first-order valence-corrected chi connectivity index (χ1v) is 6.14. The molecule has 1 aliphatic rings. The number of ether oxygens (including phenoxy) is 1. The number of anilines is 1. The molecule has 1 aliphatic heterocycles. The molecule has 0 saturated heterocycles. The zero-order valence-electron chi connectivity index (χ0n) is 11.0. The van der Waals surface area contributed by atoms with Gasteiger partial charge in [0.15, 0.2) is 0 Å². The minimum atomic E-state index is -0.728. The lowest BCUT2D eigenvalue weighted by molar-refractivity contribution is -0.141. The Morgan fingerprint density at radius 1 is 1.61 bits per heavy atom. The third-order valence-corrected chi connectivity index (χ3v) is 3.64. The molecular weight excluding hydrogens is 230 g/mol. The van der Waals surface area contributed by atoms with Crippen molar-refractivity contribution in [3.63, 3.8) is 0 Å². The van der Waals surface area contributed by atoms with Gasteiger partial charge in [-0.15, -0.1) is 0 Å². The summed E-state index contributed by atoms with van der Waals surface area (Å²) in [5.74, 6) is 0.0535. The minimum absolute atomic E-state index is 0.270. The monoisotopic (exact) mass is 249 g/mol. The Balaban J connectivity index is 2.25. The highest BCUT2D eigenvalue weighted by Gasteiger charge is 2.29. The van der Waals surface area contributed by atoms with Gasteiger partial charge in [-0.05, 0) is 30.2 Å².